The van der Waals surface area contributed by atoms with E-state index in [1.807, 2.05) is 0 Å². The van der Waals surface area contributed by atoms with E-state index in [2.05, 4.69) is 50.5 Å². The molecular formula is C18H30O3Si2. The minimum absolute atomic E-state index is 0.0334. The lowest BCUT2D eigenvalue weighted by Crippen LogP contribution is -2.61. The highest BCUT2D eigenvalue weighted by Crippen LogP contribution is 2.14. The first-order valence-corrected chi connectivity index (χ1v) is 14.6. The van der Waals surface area contributed by atoms with Crippen LogP contribution >= 0.6 is 0 Å². The second kappa shape index (κ2) is 7.77. The number of benzene rings is 1. The number of fused-ring (bicyclic) bond motifs is 1. The zero-order chi connectivity index (χ0) is 16.9. The van der Waals surface area contributed by atoms with Crippen LogP contribution in [0.1, 0.15) is 38.5 Å². The second-order valence-corrected chi connectivity index (χ2v) is 15.0. The van der Waals surface area contributed by atoms with E-state index >= 15 is 0 Å². The molecule has 5 heteroatoms. The van der Waals surface area contributed by atoms with Gasteiger partial charge in [0.15, 0.2) is 0 Å². The fourth-order valence-corrected chi connectivity index (χ4v) is 9.09. The van der Waals surface area contributed by atoms with Crippen molar-refractivity contribution in [2.45, 2.75) is 64.7 Å². The van der Waals surface area contributed by atoms with Crippen molar-refractivity contribution < 1.29 is 13.6 Å². The van der Waals surface area contributed by atoms with Gasteiger partial charge >= 0.3 is 0 Å². The van der Waals surface area contributed by atoms with Crippen LogP contribution in [0.25, 0.3) is 0 Å². The highest BCUT2D eigenvalue weighted by atomic mass is 28.4. The second-order valence-electron chi connectivity index (χ2n) is 7.41. The standard InChI is InChI=1S/C18H30O3Si2/c1-22(2)16-12-9-10-13-17(16)23(3,4)21-18(19)14-8-6-5-7-11-15-20-22/h9-10,12-13H,5-8,11,14-15H2,1-4H3. The van der Waals surface area contributed by atoms with Crippen LogP contribution in [-0.2, 0) is 13.6 Å². The molecule has 0 saturated heterocycles. The molecule has 0 aromatic heterocycles. The number of hydrogen-bond acceptors (Lipinski definition) is 3. The average Bonchev–Trinajstić information content (AvgIpc) is 2.48. The van der Waals surface area contributed by atoms with Crippen molar-refractivity contribution in [2.75, 3.05) is 6.61 Å². The average molecular weight is 351 g/mol. The lowest BCUT2D eigenvalue weighted by Gasteiger charge is -2.32. The number of rotatable bonds is 0. The molecule has 2 rings (SSSR count). The van der Waals surface area contributed by atoms with Gasteiger partial charge in [0, 0.05) is 13.0 Å². The van der Waals surface area contributed by atoms with Crippen molar-refractivity contribution in [3.8, 4) is 0 Å². The molecule has 0 saturated carbocycles. The van der Waals surface area contributed by atoms with Crippen LogP contribution in [0.2, 0.25) is 26.2 Å². The molecule has 0 atom stereocenters. The Bertz CT molecular complexity index is 541. The van der Waals surface area contributed by atoms with Gasteiger partial charge in [-0.15, -0.1) is 0 Å². The SMILES string of the molecule is C[Si]1(C)OCCCCCCCC(=O)O[Si](C)(C)c2ccccc21. The summed E-state index contributed by atoms with van der Waals surface area (Å²) in [5, 5.41) is 2.52. The summed E-state index contributed by atoms with van der Waals surface area (Å²) in [5.74, 6) is -0.0334. The van der Waals surface area contributed by atoms with E-state index in [-0.39, 0.29) is 5.97 Å². The zero-order valence-electron chi connectivity index (χ0n) is 15.0. The maximum Gasteiger partial charge on any atom is 0.292 e. The Hall–Kier alpha value is -0.916. The number of carbonyl (C=O) groups excluding carboxylic acids is 1. The monoisotopic (exact) mass is 350 g/mol. The van der Waals surface area contributed by atoms with E-state index in [1.165, 1.54) is 23.2 Å². The molecule has 3 nitrogen and oxygen atoms in total. The fraction of sp³-hybridized carbons (Fsp3) is 0.611. The lowest BCUT2D eigenvalue weighted by atomic mass is 10.1. The molecule has 0 fully saturated rings. The Morgan fingerprint density at radius 2 is 1.39 bits per heavy atom. The molecule has 0 N–H and O–H groups in total. The first-order chi connectivity index (χ1) is 10.8. The van der Waals surface area contributed by atoms with Crippen LogP contribution in [0.4, 0.5) is 0 Å². The summed E-state index contributed by atoms with van der Waals surface area (Å²) in [6, 6.07) is 8.44. The summed E-state index contributed by atoms with van der Waals surface area (Å²) < 4.78 is 12.3. The highest BCUT2D eigenvalue weighted by Gasteiger charge is 2.37. The summed E-state index contributed by atoms with van der Waals surface area (Å²) in [7, 11) is -4.25. The maximum atomic E-state index is 12.2. The van der Waals surface area contributed by atoms with Crippen molar-refractivity contribution in [2.24, 2.45) is 0 Å². The number of carbonyl (C=O) groups is 1. The van der Waals surface area contributed by atoms with Gasteiger partial charge in [0.05, 0.1) is 0 Å². The van der Waals surface area contributed by atoms with E-state index in [0.717, 1.165) is 25.9 Å². The third-order valence-corrected chi connectivity index (χ3v) is 9.96. The van der Waals surface area contributed by atoms with Crippen molar-refractivity contribution >= 4 is 33.0 Å². The summed E-state index contributed by atoms with van der Waals surface area (Å²) in [4.78, 5) is 12.2. The number of hydrogen-bond donors (Lipinski definition) is 0. The van der Waals surface area contributed by atoms with Crippen LogP contribution in [0.5, 0.6) is 0 Å². The topological polar surface area (TPSA) is 35.5 Å². The van der Waals surface area contributed by atoms with Gasteiger partial charge in [-0.1, -0.05) is 43.5 Å². The van der Waals surface area contributed by atoms with E-state index in [4.69, 9.17) is 8.85 Å². The summed E-state index contributed by atoms with van der Waals surface area (Å²) in [6.45, 7) is 9.60. The lowest BCUT2D eigenvalue weighted by molar-refractivity contribution is -0.135. The first-order valence-electron chi connectivity index (χ1n) is 8.79. The molecule has 0 bridgehead atoms. The van der Waals surface area contributed by atoms with Crippen LogP contribution in [0.15, 0.2) is 24.3 Å². The van der Waals surface area contributed by atoms with Gasteiger partial charge in [0.2, 0.25) is 8.32 Å². The molecule has 23 heavy (non-hydrogen) atoms. The van der Waals surface area contributed by atoms with Crippen LogP contribution in [-0.4, -0.2) is 29.2 Å². The molecule has 1 aromatic carbocycles. The maximum absolute atomic E-state index is 12.2. The molecule has 1 aromatic rings. The van der Waals surface area contributed by atoms with Crippen LogP contribution in [0, 0.1) is 0 Å². The minimum atomic E-state index is -2.26. The van der Waals surface area contributed by atoms with Crippen LogP contribution in [0.3, 0.4) is 0 Å². The Morgan fingerprint density at radius 3 is 2.09 bits per heavy atom. The molecule has 0 aliphatic carbocycles. The summed E-state index contributed by atoms with van der Waals surface area (Å²) >= 11 is 0. The third-order valence-electron chi connectivity index (χ3n) is 4.58. The van der Waals surface area contributed by atoms with Gasteiger partial charge in [-0.25, -0.2) is 0 Å². The third kappa shape index (κ3) is 5.03. The highest BCUT2D eigenvalue weighted by molar-refractivity contribution is 6.95. The van der Waals surface area contributed by atoms with Crippen molar-refractivity contribution in [1.82, 2.24) is 0 Å². The van der Waals surface area contributed by atoms with Crippen LogP contribution < -0.4 is 10.4 Å². The zero-order valence-corrected chi connectivity index (χ0v) is 17.0. The van der Waals surface area contributed by atoms with Gasteiger partial charge < -0.3 is 8.85 Å². The molecule has 0 unspecified atom stereocenters. The molecule has 0 spiro atoms. The Balaban J connectivity index is 2.35. The van der Waals surface area contributed by atoms with Crippen molar-refractivity contribution in [1.29, 1.82) is 0 Å². The molecule has 0 amide bonds. The molecule has 1 aliphatic heterocycles. The van der Waals surface area contributed by atoms with Gasteiger partial charge in [-0.05, 0) is 49.4 Å². The summed E-state index contributed by atoms with van der Waals surface area (Å²) in [5.41, 5.74) is 0. The van der Waals surface area contributed by atoms with Crippen molar-refractivity contribution in [3.63, 3.8) is 0 Å². The Kier molecular flexibility index (Phi) is 6.22. The molecule has 1 heterocycles. The van der Waals surface area contributed by atoms with E-state index < -0.39 is 16.6 Å². The first kappa shape index (κ1) is 18.4. The van der Waals surface area contributed by atoms with Gasteiger partial charge in [-0.3, -0.25) is 4.79 Å². The Labute approximate surface area is 142 Å². The van der Waals surface area contributed by atoms with Crippen molar-refractivity contribution in [3.05, 3.63) is 24.3 Å². The predicted molar refractivity (Wildman–Crippen MR) is 100 cm³/mol. The summed E-state index contributed by atoms with van der Waals surface area (Å²) in [6.07, 6.45) is 6.07. The molecule has 128 valence electrons. The quantitative estimate of drug-likeness (QED) is 0.673. The predicted octanol–water partition coefficient (Wildman–Crippen LogP) is 3.42. The van der Waals surface area contributed by atoms with E-state index in [0.29, 0.717) is 6.42 Å². The largest absolute Gasteiger partial charge is 0.515 e. The smallest absolute Gasteiger partial charge is 0.292 e. The molecular weight excluding hydrogens is 320 g/mol. The Morgan fingerprint density at radius 1 is 0.826 bits per heavy atom. The van der Waals surface area contributed by atoms with Gasteiger partial charge in [0.1, 0.15) is 0 Å². The molecule has 1 aliphatic rings. The fourth-order valence-electron chi connectivity index (χ4n) is 3.23. The minimum Gasteiger partial charge on any atom is -0.515 e. The van der Waals surface area contributed by atoms with Gasteiger partial charge in [0.25, 0.3) is 14.3 Å². The van der Waals surface area contributed by atoms with Gasteiger partial charge in [-0.2, -0.15) is 0 Å². The van der Waals surface area contributed by atoms with E-state index in [9.17, 15) is 4.79 Å². The van der Waals surface area contributed by atoms with E-state index in [1.54, 1.807) is 0 Å². The molecule has 0 radical (unpaired) electrons. The normalized spacial score (nSPS) is 22.5.